The summed E-state index contributed by atoms with van der Waals surface area (Å²) in [5.74, 6) is 0. The lowest BCUT2D eigenvalue weighted by Gasteiger charge is -2.49. The zero-order valence-corrected chi connectivity index (χ0v) is 37.1. The van der Waals surface area contributed by atoms with E-state index in [0.29, 0.717) is 26.4 Å². The second-order valence-corrected chi connectivity index (χ2v) is 16.6. The average Bonchev–Trinajstić information content (AvgIpc) is 3.39. The van der Waals surface area contributed by atoms with Crippen LogP contribution in [0.2, 0.25) is 0 Å². The standard InChI is InChI=1S/C55H58O11/c1-56-54-51(60-35-42-26-14-5-15-27-42)49(58-33-40-22-10-3-11-23-40)47(57-32-39-20-8-2-9-21-39)45(64-54)37-63-55-52(61-36-43-28-16-6-17-29-43)50(59-34-41-24-12-4-13-25-41)48-46(65-55)38-62-53(66-48)44-30-18-7-19-31-44/h2-31,45-55H,32-38H2,1H3/t45-,46-,47-,48-,49+,50+,51+,52+,53?,54+,55-/m1/s1. The van der Waals surface area contributed by atoms with E-state index in [1.165, 1.54) is 0 Å². The Morgan fingerprint density at radius 2 is 0.788 bits per heavy atom. The summed E-state index contributed by atoms with van der Waals surface area (Å²) in [5, 5.41) is 0. The topological polar surface area (TPSA) is 102 Å². The molecule has 11 nitrogen and oxygen atoms in total. The van der Waals surface area contributed by atoms with E-state index in [4.69, 9.17) is 52.1 Å². The Labute approximate surface area is 387 Å². The lowest BCUT2D eigenvalue weighted by atomic mass is 9.96. The minimum absolute atomic E-state index is 0.0168. The van der Waals surface area contributed by atoms with Crippen molar-refractivity contribution in [1.29, 1.82) is 0 Å². The van der Waals surface area contributed by atoms with E-state index in [1.807, 2.05) is 182 Å². The normalized spacial score (nSPS) is 27.5. The Morgan fingerprint density at radius 3 is 1.24 bits per heavy atom. The molecule has 0 radical (unpaired) electrons. The Bertz CT molecular complexity index is 2170. The fourth-order valence-electron chi connectivity index (χ4n) is 8.62. The van der Waals surface area contributed by atoms with Crippen LogP contribution >= 0.6 is 0 Å². The molecule has 0 aliphatic carbocycles. The predicted octanol–water partition coefficient (Wildman–Crippen LogP) is 9.14. The molecule has 3 fully saturated rings. The molecule has 9 rings (SSSR count). The Hall–Kier alpha value is -5.12. The van der Waals surface area contributed by atoms with Crippen LogP contribution < -0.4 is 0 Å². The summed E-state index contributed by atoms with van der Waals surface area (Å²) in [6.45, 7) is 1.76. The second-order valence-electron chi connectivity index (χ2n) is 16.6. The number of methoxy groups -OCH3 is 1. The van der Waals surface area contributed by atoms with Gasteiger partial charge in [0.05, 0.1) is 46.2 Å². The average molecular weight is 895 g/mol. The van der Waals surface area contributed by atoms with Gasteiger partial charge in [0.2, 0.25) is 0 Å². The summed E-state index contributed by atoms with van der Waals surface area (Å²) in [6.07, 6.45) is -7.59. The predicted molar refractivity (Wildman–Crippen MR) is 245 cm³/mol. The maximum Gasteiger partial charge on any atom is 0.187 e. The maximum atomic E-state index is 6.92. The van der Waals surface area contributed by atoms with E-state index in [9.17, 15) is 0 Å². The molecule has 66 heavy (non-hydrogen) atoms. The highest BCUT2D eigenvalue weighted by atomic mass is 16.8. The molecule has 344 valence electrons. The molecule has 0 spiro atoms. The Morgan fingerprint density at radius 1 is 0.394 bits per heavy atom. The second kappa shape index (κ2) is 23.6. The number of hydrogen-bond donors (Lipinski definition) is 0. The smallest absolute Gasteiger partial charge is 0.187 e. The van der Waals surface area contributed by atoms with Crippen molar-refractivity contribution >= 4 is 0 Å². The molecule has 6 aromatic carbocycles. The third kappa shape index (κ3) is 12.1. The van der Waals surface area contributed by atoms with Crippen molar-refractivity contribution in [2.45, 2.75) is 101 Å². The minimum atomic E-state index is -0.939. The first-order valence-electron chi connectivity index (χ1n) is 22.7. The molecule has 1 unspecified atom stereocenters. The van der Waals surface area contributed by atoms with Gasteiger partial charge in [-0.1, -0.05) is 182 Å². The van der Waals surface area contributed by atoms with Gasteiger partial charge in [-0.25, -0.2) is 0 Å². The minimum Gasteiger partial charge on any atom is -0.368 e. The molecule has 6 aromatic rings. The van der Waals surface area contributed by atoms with Crippen molar-refractivity contribution in [3.63, 3.8) is 0 Å². The SMILES string of the molecule is CO[C@H]1O[C@H](CO[C@@H]2O[C@@H]3COC(c4ccccc4)O[C@H]3[C@H](OCc3ccccc3)[C@@H]2OCc2ccccc2)[C@@H](OCc2ccccc2)[C@H](OCc2ccccc2)[C@@H]1OCc1ccccc1. The lowest BCUT2D eigenvalue weighted by molar-refractivity contribution is -0.379. The van der Waals surface area contributed by atoms with Crippen LogP contribution in [0, 0.1) is 0 Å². The highest BCUT2D eigenvalue weighted by Gasteiger charge is 2.54. The van der Waals surface area contributed by atoms with E-state index in [2.05, 4.69) is 0 Å². The van der Waals surface area contributed by atoms with Crippen LogP contribution in [0.4, 0.5) is 0 Å². The molecule has 3 saturated heterocycles. The number of ether oxygens (including phenoxy) is 11. The first-order chi connectivity index (χ1) is 32.7. The van der Waals surface area contributed by atoms with Gasteiger partial charge in [-0.05, 0) is 27.8 Å². The first kappa shape index (κ1) is 46.0. The van der Waals surface area contributed by atoms with Crippen molar-refractivity contribution in [2.75, 3.05) is 20.3 Å². The van der Waals surface area contributed by atoms with Crippen LogP contribution in [0.3, 0.4) is 0 Å². The maximum absolute atomic E-state index is 6.92. The van der Waals surface area contributed by atoms with Crippen molar-refractivity contribution in [2.24, 2.45) is 0 Å². The number of rotatable bonds is 20. The fraction of sp³-hybridized carbons (Fsp3) is 0.345. The van der Waals surface area contributed by atoms with Gasteiger partial charge in [0.25, 0.3) is 0 Å². The third-order valence-electron chi connectivity index (χ3n) is 12.0. The zero-order chi connectivity index (χ0) is 44.8. The largest absolute Gasteiger partial charge is 0.368 e. The van der Waals surface area contributed by atoms with Gasteiger partial charge in [0.1, 0.15) is 48.8 Å². The van der Waals surface area contributed by atoms with E-state index >= 15 is 0 Å². The summed E-state index contributed by atoms with van der Waals surface area (Å²) in [5.41, 5.74) is 5.91. The number of hydrogen-bond acceptors (Lipinski definition) is 11. The van der Waals surface area contributed by atoms with Gasteiger partial charge >= 0.3 is 0 Å². The van der Waals surface area contributed by atoms with Crippen LogP contribution in [-0.2, 0) is 85.1 Å². The van der Waals surface area contributed by atoms with Gasteiger partial charge in [-0.3, -0.25) is 0 Å². The summed E-state index contributed by atoms with van der Waals surface area (Å²) < 4.78 is 73.9. The molecule has 11 atom stereocenters. The molecule has 11 heteroatoms. The zero-order valence-electron chi connectivity index (χ0n) is 37.1. The summed E-state index contributed by atoms with van der Waals surface area (Å²) in [6, 6.07) is 60.1. The fourth-order valence-corrected chi connectivity index (χ4v) is 8.62. The van der Waals surface area contributed by atoms with Crippen LogP contribution in [0.5, 0.6) is 0 Å². The monoisotopic (exact) mass is 894 g/mol. The van der Waals surface area contributed by atoms with Crippen LogP contribution in [0.25, 0.3) is 0 Å². The first-order valence-corrected chi connectivity index (χ1v) is 22.7. The Balaban J connectivity index is 1.02. The molecule has 0 aromatic heterocycles. The molecule has 3 heterocycles. The van der Waals surface area contributed by atoms with Gasteiger partial charge in [-0.15, -0.1) is 0 Å². The Kier molecular flexibility index (Phi) is 16.4. The van der Waals surface area contributed by atoms with E-state index in [1.54, 1.807) is 7.11 Å². The van der Waals surface area contributed by atoms with Gasteiger partial charge < -0.3 is 52.1 Å². The van der Waals surface area contributed by atoms with Crippen molar-refractivity contribution < 1.29 is 52.1 Å². The highest BCUT2D eigenvalue weighted by Crippen LogP contribution is 2.38. The quantitative estimate of drug-likeness (QED) is 0.0734. The van der Waals surface area contributed by atoms with Crippen molar-refractivity contribution in [3.8, 4) is 0 Å². The lowest BCUT2D eigenvalue weighted by Crippen LogP contribution is -2.65. The van der Waals surface area contributed by atoms with Gasteiger partial charge in [-0.2, -0.15) is 0 Å². The van der Waals surface area contributed by atoms with E-state index < -0.39 is 67.7 Å². The molecule has 0 saturated carbocycles. The molecule has 0 amide bonds. The van der Waals surface area contributed by atoms with Crippen molar-refractivity contribution in [3.05, 3.63) is 215 Å². The van der Waals surface area contributed by atoms with Crippen LogP contribution in [-0.4, -0.2) is 81.7 Å². The summed E-state index contributed by atoms with van der Waals surface area (Å²) in [7, 11) is 1.61. The van der Waals surface area contributed by atoms with Gasteiger partial charge in [0.15, 0.2) is 18.9 Å². The molecule has 0 bridgehead atoms. The molecular formula is C55H58O11. The molecular weight excluding hydrogens is 837 g/mol. The van der Waals surface area contributed by atoms with Crippen LogP contribution in [0.15, 0.2) is 182 Å². The van der Waals surface area contributed by atoms with Gasteiger partial charge in [0, 0.05) is 12.7 Å². The summed E-state index contributed by atoms with van der Waals surface area (Å²) in [4.78, 5) is 0. The third-order valence-corrected chi connectivity index (χ3v) is 12.0. The number of fused-ring (bicyclic) bond motifs is 1. The number of benzene rings is 6. The van der Waals surface area contributed by atoms with Crippen LogP contribution in [0.1, 0.15) is 39.7 Å². The van der Waals surface area contributed by atoms with E-state index in [0.717, 1.165) is 33.4 Å². The molecule has 0 N–H and O–H groups in total. The highest BCUT2D eigenvalue weighted by molar-refractivity contribution is 5.19. The molecule has 3 aliphatic rings. The van der Waals surface area contributed by atoms with Crippen molar-refractivity contribution in [1.82, 2.24) is 0 Å². The van der Waals surface area contributed by atoms with E-state index in [-0.39, 0.29) is 19.8 Å². The summed E-state index contributed by atoms with van der Waals surface area (Å²) >= 11 is 0. The molecule has 3 aliphatic heterocycles.